The zero-order valence-corrected chi connectivity index (χ0v) is 37.5. The molecule has 2 aliphatic heterocycles. The summed E-state index contributed by atoms with van der Waals surface area (Å²) in [4.78, 5) is 1.02. The largest absolute Gasteiger partial charge is 0.294 e. The van der Waals surface area contributed by atoms with Crippen LogP contribution in [-0.4, -0.2) is 57.6 Å². The van der Waals surface area contributed by atoms with E-state index >= 15 is 0 Å². The minimum atomic E-state index is -4.02. The van der Waals surface area contributed by atoms with Crippen LogP contribution in [0.1, 0.15) is 74.5 Å². The van der Waals surface area contributed by atoms with Gasteiger partial charge in [-0.05, 0) is 100 Å². The molecule has 5 aromatic carbocycles. The van der Waals surface area contributed by atoms with Gasteiger partial charge in [-0.1, -0.05) is 117 Å². The first kappa shape index (κ1) is 40.6. The molecule has 1 saturated carbocycles. The Bertz CT molecular complexity index is 2890. The second kappa shape index (κ2) is 14.7. The van der Waals surface area contributed by atoms with Gasteiger partial charge < -0.3 is 0 Å². The lowest BCUT2D eigenvalue weighted by Crippen LogP contribution is -2.50. The van der Waals surface area contributed by atoms with Crippen LogP contribution in [-0.2, 0) is 10.1 Å². The van der Waals surface area contributed by atoms with Gasteiger partial charge in [-0.15, -0.1) is 0 Å². The highest BCUT2D eigenvalue weighted by molar-refractivity contribution is 7.85. The van der Waals surface area contributed by atoms with Crippen molar-refractivity contribution in [1.29, 1.82) is 0 Å². The number of fused-ring (bicyclic) bond motifs is 6. The third-order valence-corrected chi connectivity index (χ3v) is 16.0. The number of benzene rings is 5. The molecule has 4 unspecified atom stereocenters. The maximum Gasteiger partial charge on any atom is 0.294 e. The normalized spacial score (nSPS) is 26.4. The Morgan fingerprint density at radius 3 is 2.08 bits per heavy atom. The number of allylic oxidation sites excluding steroid dienone is 8. The lowest BCUT2D eigenvalue weighted by atomic mass is 9.78. The number of nitrogens with zero attached hydrogens (tertiary/aromatic N) is 2. The van der Waals surface area contributed by atoms with Gasteiger partial charge in [-0.2, -0.15) is 8.42 Å². The van der Waals surface area contributed by atoms with Crippen molar-refractivity contribution < 1.29 is 13.0 Å². The minimum absolute atomic E-state index is 0.0666. The van der Waals surface area contributed by atoms with E-state index < -0.39 is 10.1 Å². The van der Waals surface area contributed by atoms with Crippen molar-refractivity contribution in [2.24, 2.45) is 0 Å². The Balaban J connectivity index is 0.000000368. The standard InChI is InChI=1S/C46H48N2S.C7H8O3S/c1-29-39(47(3,4)40-26-22-31-14-7-9-17-34(31)43(29)40)25-24-33-16-13-20-36(45(33)37-19-11-12-21-42(37)49)38-28-46(38)30(2)44-35-18-10-8-15-32(35)23-27-41(44)48(46,5)6;1-6-2-4-7(5-3-6)11(8,9)10/h7-12,14-15,17-19,22-27,29-30,39H,13,16,20-21,28H2,1-6H3;2-5H,1H3,(H,8,9,10)/q+2;. The molecule has 1 N–H and O–H groups in total. The molecule has 7 heteroatoms. The number of hydrogen-bond donors (Lipinski definition) is 1. The quantitative estimate of drug-likeness (QED) is 0.111. The fraction of sp³-hybridized carbons (Fsp3) is 0.302. The molecule has 3 aliphatic carbocycles. The third-order valence-electron chi connectivity index (χ3n) is 14.8. The molecule has 0 amide bonds. The van der Waals surface area contributed by atoms with E-state index in [-0.39, 0.29) is 10.4 Å². The topological polar surface area (TPSA) is 54.4 Å². The fourth-order valence-corrected chi connectivity index (χ4v) is 12.4. The van der Waals surface area contributed by atoms with Crippen LogP contribution in [0.15, 0.2) is 160 Å². The van der Waals surface area contributed by atoms with E-state index in [1.54, 1.807) is 28.8 Å². The molecule has 0 bridgehead atoms. The average Bonchev–Trinajstić information content (AvgIpc) is 3.93. The van der Waals surface area contributed by atoms with E-state index in [1.165, 1.54) is 73.8 Å². The highest BCUT2D eigenvalue weighted by Crippen LogP contribution is 2.69. The van der Waals surface area contributed by atoms with Crippen LogP contribution in [0.4, 0.5) is 11.4 Å². The predicted molar refractivity (Wildman–Crippen MR) is 256 cm³/mol. The molecule has 5 aromatic rings. The molecular weight excluding hydrogens is 777 g/mol. The molecule has 0 aromatic heterocycles. The van der Waals surface area contributed by atoms with E-state index in [2.05, 4.69) is 145 Å². The first-order valence-corrected chi connectivity index (χ1v) is 23.2. The number of hydrogen-bond acceptors (Lipinski definition) is 3. The van der Waals surface area contributed by atoms with Crippen LogP contribution in [0.2, 0.25) is 0 Å². The first-order valence-electron chi connectivity index (χ1n) is 21.4. The van der Waals surface area contributed by atoms with E-state index in [9.17, 15) is 8.42 Å². The second-order valence-electron chi connectivity index (χ2n) is 18.5. The summed E-state index contributed by atoms with van der Waals surface area (Å²) in [5, 5.41) is 5.53. The van der Waals surface area contributed by atoms with Gasteiger partial charge >= 0.3 is 0 Å². The van der Waals surface area contributed by atoms with Gasteiger partial charge in [0, 0.05) is 58.4 Å². The van der Waals surface area contributed by atoms with Crippen molar-refractivity contribution in [2.75, 3.05) is 28.2 Å². The fourth-order valence-electron chi connectivity index (χ4n) is 11.6. The number of rotatable bonds is 4. The minimum Gasteiger partial charge on any atom is -0.290 e. The van der Waals surface area contributed by atoms with Gasteiger partial charge in [0.1, 0.15) is 23.0 Å². The molecule has 5 aliphatic rings. The summed E-state index contributed by atoms with van der Waals surface area (Å²) in [6.07, 6.45) is 17.3. The molecule has 306 valence electrons. The zero-order chi connectivity index (χ0) is 42.4. The molecule has 1 spiro atoms. The maximum absolute atomic E-state index is 10.5. The summed E-state index contributed by atoms with van der Waals surface area (Å²) in [6.45, 7) is 6.79. The maximum atomic E-state index is 10.5. The molecule has 1 fully saturated rings. The smallest absolute Gasteiger partial charge is 0.290 e. The molecule has 0 radical (unpaired) electrons. The van der Waals surface area contributed by atoms with Gasteiger partial charge in [-0.3, -0.25) is 13.5 Å². The number of aryl methyl sites for hydroxylation is 1. The lowest BCUT2D eigenvalue weighted by molar-refractivity contribution is 0.283. The van der Waals surface area contributed by atoms with Gasteiger partial charge in [0.25, 0.3) is 10.1 Å². The van der Waals surface area contributed by atoms with E-state index in [0.29, 0.717) is 17.9 Å². The Labute approximate surface area is 361 Å². The Morgan fingerprint density at radius 2 is 1.43 bits per heavy atom. The summed E-state index contributed by atoms with van der Waals surface area (Å²) < 4.78 is 31.3. The van der Waals surface area contributed by atoms with E-state index in [1.807, 2.05) is 6.92 Å². The van der Waals surface area contributed by atoms with Gasteiger partial charge in [0.2, 0.25) is 0 Å². The second-order valence-corrected chi connectivity index (χ2v) is 20.4. The molecule has 10 rings (SSSR count). The highest BCUT2D eigenvalue weighted by Gasteiger charge is 2.71. The number of likely N-dealkylation sites (N-methyl/N-ethyl adjacent to an activating group) is 2. The van der Waals surface area contributed by atoms with Crippen molar-refractivity contribution in [3.8, 4) is 0 Å². The molecule has 60 heavy (non-hydrogen) atoms. The van der Waals surface area contributed by atoms with Crippen LogP contribution in [0, 0.1) is 6.92 Å². The number of thiocarbonyl (C=S) groups is 1. The zero-order valence-electron chi connectivity index (χ0n) is 35.9. The molecule has 4 atom stereocenters. The van der Waals surface area contributed by atoms with Crippen molar-refractivity contribution in [2.45, 2.75) is 81.2 Å². The van der Waals surface area contributed by atoms with Gasteiger partial charge in [0.05, 0.1) is 33.1 Å². The van der Waals surface area contributed by atoms with Crippen LogP contribution < -0.4 is 8.97 Å². The van der Waals surface area contributed by atoms with Gasteiger partial charge in [-0.25, -0.2) is 0 Å². The predicted octanol–water partition coefficient (Wildman–Crippen LogP) is 12.4. The lowest BCUT2D eigenvalue weighted by Gasteiger charge is -2.35. The summed E-state index contributed by atoms with van der Waals surface area (Å²) in [5.74, 6) is 0.874. The molecule has 0 saturated heterocycles. The Kier molecular flexibility index (Phi) is 9.96. The molecule has 2 heterocycles. The van der Waals surface area contributed by atoms with Crippen molar-refractivity contribution in [1.82, 2.24) is 8.97 Å². The monoisotopic (exact) mass is 832 g/mol. The SMILES string of the molecule is CC1c2c(ccc3ccccc23)[N+](C)(C)C1C=CC1=C(C2=CC=CCC2=S)C(=C2CC23C(C)c2c(ccc4ccccc24)[N+]3(C)C)CCC1.Cc1ccc(S(=O)(=O)O)cc1. The summed E-state index contributed by atoms with van der Waals surface area (Å²) in [5.41, 5.74) is 14.5. The Morgan fingerprint density at radius 1 is 0.800 bits per heavy atom. The summed E-state index contributed by atoms with van der Waals surface area (Å²) in [7, 11) is 5.71. The number of quaternary nitrogens is 2. The molecule has 5 nitrogen and oxygen atoms in total. The van der Waals surface area contributed by atoms with Crippen molar-refractivity contribution >= 4 is 60.1 Å². The summed E-state index contributed by atoms with van der Waals surface area (Å²) >= 11 is 6.16. The first-order chi connectivity index (χ1) is 28.6. The van der Waals surface area contributed by atoms with E-state index in [4.69, 9.17) is 16.8 Å². The van der Waals surface area contributed by atoms with Crippen LogP contribution >= 0.6 is 12.2 Å². The average molecular weight is 833 g/mol. The highest BCUT2D eigenvalue weighted by atomic mass is 32.2. The van der Waals surface area contributed by atoms with Crippen molar-refractivity contribution in [3.05, 3.63) is 172 Å². The van der Waals surface area contributed by atoms with Gasteiger partial charge in [0.15, 0.2) is 0 Å². The molecular formula is C53H56N2O3S2+2. The van der Waals surface area contributed by atoms with E-state index in [0.717, 1.165) is 45.1 Å². The van der Waals surface area contributed by atoms with Crippen LogP contribution in [0.3, 0.4) is 0 Å². The Hall–Kier alpha value is -4.76. The van der Waals surface area contributed by atoms with Crippen molar-refractivity contribution in [3.63, 3.8) is 0 Å². The van der Waals surface area contributed by atoms with Crippen LogP contribution in [0.25, 0.3) is 21.5 Å². The van der Waals surface area contributed by atoms with Crippen LogP contribution in [0.5, 0.6) is 0 Å². The third kappa shape index (κ3) is 6.35. The summed E-state index contributed by atoms with van der Waals surface area (Å²) in [6, 6.07) is 33.7.